The fraction of sp³-hybridized carbons (Fsp3) is 0.472. The van der Waals surface area contributed by atoms with Crippen LogP contribution in [0.15, 0.2) is 64.0 Å². The zero-order valence-corrected chi connectivity index (χ0v) is 45.9. The fourth-order valence-corrected chi connectivity index (χ4v) is 11.6. The maximum absolute atomic E-state index is 14.3. The Morgan fingerprint density at radius 1 is 0.893 bits per heavy atom. The molecule has 3 aliphatic rings. The zero-order chi connectivity index (χ0) is 54.3. The van der Waals surface area contributed by atoms with Crippen LogP contribution >= 0.6 is 34.3 Å². The van der Waals surface area contributed by atoms with Crippen LogP contribution in [0.5, 0.6) is 0 Å². The first-order valence-electron chi connectivity index (χ1n) is 25.0. The number of aromatic nitrogens is 1. The van der Waals surface area contributed by atoms with Crippen LogP contribution in [0.3, 0.4) is 0 Å². The zero-order valence-electron chi connectivity index (χ0n) is 43.5. The number of hydrogen-bond donors (Lipinski definition) is 7. The number of thiazole rings is 1. The number of nitrogens with zero attached hydrogens (tertiary/aromatic N) is 5. The van der Waals surface area contributed by atoms with Crippen LogP contribution in [0.25, 0.3) is 10.4 Å². The van der Waals surface area contributed by atoms with Gasteiger partial charge in [-0.15, -0.1) is 22.7 Å². The van der Waals surface area contributed by atoms with Crippen LogP contribution in [0, 0.1) is 26.2 Å². The van der Waals surface area contributed by atoms with Crippen LogP contribution in [0.2, 0.25) is 5.02 Å². The summed E-state index contributed by atoms with van der Waals surface area (Å²) in [6, 6.07) is 9.36. The van der Waals surface area contributed by atoms with E-state index in [1.54, 1.807) is 68.9 Å². The molecule has 0 radical (unpaired) electrons. The van der Waals surface area contributed by atoms with Crippen LogP contribution < -0.4 is 36.8 Å². The molecular formula is C53H66ClN11O8S2. The smallest absolute Gasteiger partial charge is 0.247 e. The molecule has 5 heterocycles. The number of nitrogens with one attached hydrogen (secondary N) is 6. The highest BCUT2D eigenvalue weighted by atomic mass is 35.5. The summed E-state index contributed by atoms with van der Waals surface area (Å²) in [7, 11) is 3.62. The number of rotatable bonds is 10. The van der Waals surface area contributed by atoms with Gasteiger partial charge in [0.15, 0.2) is 0 Å². The summed E-state index contributed by atoms with van der Waals surface area (Å²) in [5.41, 5.74) is 6.60. The standard InChI is InChI=1S/C53H66ClN11O8S2/c1-28-30(3)75-52-43(28)44(31-16-18-34(54)19-17-31)61-37(48(55-7)64(52)8)23-40(68)56-20-10-9-11-35-21-39(67)57-24-42(70)62-47(53(4,5)6)51(73)65-26-36(66)22-38(65)49(71)63-45(50(72)58-25-41(69)60-35)32-12-14-33(15-13-32)46-29(2)59-27-74-46/h12-19,27,35-38,45,47,66H,9-11,20-26H2,1-8H3,(H,56,68)(H,57,67)(H,58,72)(H,60,69)(H,62,70)(H,63,71)/b55-48-/t35-,36-,37+,38+,45-,47-/m1/s1. The molecule has 7 amide bonds. The number of aryl methyl sites for hydroxylation is 2. The molecular weight excluding hydrogens is 1020 g/mol. The van der Waals surface area contributed by atoms with Gasteiger partial charge in [0.1, 0.15) is 35.0 Å². The van der Waals surface area contributed by atoms with Gasteiger partial charge < -0.3 is 46.8 Å². The Morgan fingerprint density at radius 3 is 2.24 bits per heavy atom. The molecule has 22 heteroatoms. The molecule has 0 unspecified atom stereocenters. The average molecular weight is 1080 g/mol. The first-order valence-corrected chi connectivity index (χ1v) is 27.0. The number of anilines is 1. The Kier molecular flexibility index (Phi) is 18.3. The number of aliphatic hydroxyl groups is 1. The lowest BCUT2D eigenvalue weighted by atomic mass is 9.85. The number of carbonyl (C=O) groups excluding carboxylic acids is 7. The maximum Gasteiger partial charge on any atom is 0.247 e. The summed E-state index contributed by atoms with van der Waals surface area (Å²) in [6.45, 7) is 10.3. The third kappa shape index (κ3) is 13.7. The molecule has 6 atom stereocenters. The molecule has 7 N–H and O–H groups in total. The van der Waals surface area contributed by atoms with Gasteiger partial charge in [-0.25, -0.2) is 4.98 Å². The van der Waals surface area contributed by atoms with E-state index in [4.69, 9.17) is 16.6 Å². The average Bonchev–Trinajstić information content (AvgIpc) is 4.05. The number of fused-ring (bicyclic) bond motifs is 2. The van der Waals surface area contributed by atoms with Crippen molar-refractivity contribution in [2.45, 2.75) is 116 Å². The highest BCUT2D eigenvalue weighted by molar-refractivity contribution is 7.17. The van der Waals surface area contributed by atoms with Crippen molar-refractivity contribution >= 4 is 92.2 Å². The molecule has 2 aromatic heterocycles. The SMILES string of the molecule is C/N=C1/[C@H](CC(=O)NCCCC[C@@H]2CC(=O)NCC(=O)N[C@@H](C(C)(C)C)C(=O)N3C[C@H](O)C[C@H]3C(=O)N[C@H](c3ccc(-c4scnc4C)cc3)C(=O)NCC(=O)N2)N=C(c2ccc(Cl)cc2)c2c(sc(C)c2C)N1C. The predicted molar refractivity (Wildman–Crippen MR) is 291 cm³/mol. The quantitative estimate of drug-likeness (QED) is 0.111. The molecule has 0 spiro atoms. The second-order valence-electron chi connectivity index (χ2n) is 20.2. The molecule has 0 bridgehead atoms. The van der Waals surface area contributed by atoms with Gasteiger partial charge in [0.2, 0.25) is 41.4 Å². The Balaban J connectivity index is 1.05. The first-order chi connectivity index (χ1) is 35.6. The van der Waals surface area contributed by atoms with E-state index in [-0.39, 0.29) is 38.3 Å². The summed E-state index contributed by atoms with van der Waals surface area (Å²) in [4.78, 5) is 116. The molecule has 4 aromatic rings. The highest BCUT2D eigenvalue weighted by Crippen LogP contribution is 2.40. The number of amidine groups is 1. The van der Waals surface area contributed by atoms with Crippen LogP contribution in [0.1, 0.15) is 98.2 Å². The molecule has 7 rings (SSSR count). The van der Waals surface area contributed by atoms with Crippen molar-refractivity contribution < 1.29 is 38.7 Å². The minimum absolute atomic E-state index is 0.0221. The minimum Gasteiger partial charge on any atom is -0.391 e. The van der Waals surface area contributed by atoms with E-state index in [1.807, 2.05) is 43.1 Å². The van der Waals surface area contributed by atoms with Crippen LogP contribution in [-0.4, -0.2) is 138 Å². The lowest BCUT2D eigenvalue weighted by molar-refractivity contribution is -0.144. The number of aliphatic imine (C=N–C) groups is 2. The van der Waals surface area contributed by atoms with Gasteiger partial charge in [0.25, 0.3) is 0 Å². The lowest BCUT2D eigenvalue weighted by Gasteiger charge is -2.35. The van der Waals surface area contributed by atoms with E-state index in [0.717, 1.165) is 48.4 Å². The number of hydrogen-bond acceptors (Lipinski definition) is 13. The molecule has 0 aliphatic carbocycles. The van der Waals surface area contributed by atoms with Crippen molar-refractivity contribution in [2.24, 2.45) is 15.4 Å². The molecule has 2 saturated heterocycles. The number of carbonyl (C=O) groups is 7. The molecule has 400 valence electrons. The van der Waals surface area contributed by atoms with Crippen molar-refractivity contribution in [2.75, 3.05) is 45.2 Å². The Bertz CT molecular complexity index is 2860. The van der Waals surface area contributed by atoms with Gasteiger partial charge in [-0.3, -0.25) is 43.5 Å². The lowest BCUT2D eigenvalue weighted by Crippen LogP contribution is -2.59. The molecule has 2 aromatic carbocycles. The molecule has 2 fully saturated rings. The first kappa shape index (κ1) is 56.2. The summed E-state index contributed by atoms with van der Waals surface area (Å²) in [5, 5.41) is 28.9. The second kappa shape index (κ2) is 24.4. The summed E-state index contributed by atoms with van der Waals surface area (Å²) in [5.74, 6) is -3.50. The summed E-state index contributed by atoms with van der Waals surface area (Å²) >= 11 is 9.36. The van der Waals surface area contributed by atoms with Crippen molar-refractivity contribution in [1.82, 2.24) is 41.8 Å². The van der Waals surface area contributed by atoms with Crippen LogP contribution in [-0.2, 0) is 33.6 Å². The van der Waals surface area contributed by atoms with E-state index in [2.05, 4.69) is 55.7 Å². The number of unbranched alkanes of at least 4 members (excludes halogenated alkanes) is 1. The van der Waals surface area contributed by atoms with Gasteiger partial charge >= 0.3 is 0 Å². The fourth-order valence-electron chi connectivity index (χ4n) is 9.51. The van der Waals surface area contributed by atoms with E-state index in [1.165, 1.54) is 16.2 Å². The van der Waals surface area contributed by atoms with Crippen molar-refractivity contribution in [1.29, 1.82) is 0 Å². The number of aliphatic hydroxyl groups excluding tert-OH is 1. The highest BCUT2D eigenvalue weighted by Gasteiger charge is 2.45. The summed E-state index contributed by atoms with van der Waals surface area (Å²) < 4.78 is 0. The number of halogens is 1. The third-order valence-corrected chi connectivity index (χ3v) is 16.1. The van der Waals surface area contributed by atoms with Crippen molar-refractivity contribution in [3.8, 4) is 10.4 Å². The number of benzene rings is 2. The van der Waals surface area contributed by atoms with E-state index >= 15 is 0 Å². The van der Waals surface area contributed by atoms with Crippen molar-refractivity contribution in [3.63, 3.8) is 0 Å². The molecule has 19 nitrogen and oxygen atoms in total. The van der Waals surface area contributed by atoms with E-state index in [0.29, 0.717) is 35.7 Å². The largest absolute Gasteiger partial charge is 0.391 e. The number of amides is 7. The second-order valence-corrected chi connectivity index (χ2v) is 22.7. The van der Waals surface area contributed by atoms with E-state index in [9.17, 15) is 38.7 Å². The minimum atomic E-state index is -1.34. The van der Waals surface area contributed by atoms with Gasteiger partial charge in [0, 0.05) is 67.1 Å². The van der Waals surface area contributed by atoms with Gasteiger partial charge in [-0.1, -0.05) is 68.8 Å². The predicted octanol–water partition coefficient (Wildman–Crippen LogP) is 4.28. The topological polar surface area (TPSA) is 256 Å². The number of likely N-dealkylation sites (N-methyl/N-ethyl adjacent to an activating group) is 1. The molecule has 75 heavy (non-hydrogen) atoms. The Morgan fingerprint density at radius 2 is 1.57 bits per heavy atom. The Labute approximate surface area is 449 Å². The van der Waals surface area contributed by atoms with Gasteiger partial charge in [-0.05, 0) is 74.3 Å². The molecule has 0 saturated carbocycles. The van der Waals surface area contributed by atoms with Gasteiger partial charge in [0.05, 0.1) is 47.4 Å². The normalized spacial score (nSPS) is 23.1. The molecule has 3 aliphatic heterocycles. The monoisotopic (exact) mass is 1080 g/mol. The van der Waals surface area contributed by atoms with Crippen molar-refractivity contribution in [3.05, 3.63) is 91.9 Å². The van der Waals surface area contributed by atoms with Gasteiger partial charge in [-0.2, -0.15) is 0 Å². The van der Waals surface area contributed by atoms with Crippen LogP contribution in [0.4, 0.5) is 5.00 Å². The van der Waals surface area contributed by atoms with E-state index < -0.39 is 90.3 Å². The number of thiophene rings is 1. The summed E-state index contributed by atoms with van der Waals surface area (Å²) in [6.07, 6.45) is -0.172. The maximum atomic E-state index is 14.3. The third-order valence-electron chi connectivity index (χ3n) is 13.6. The Hall–Kier alpha value is -6.55.